The average molecular weight is 448 g/mol. The fraction of sp³-hybridized carbons (Fsp3) is 0.217. The second kappa shape index (κ2) is 8.16. The molecule has 0 unspecified atom stereocenters. The Balaban J connectivity index is 1.34. The van der Waals surface area contributed by atoms with Gasteiger partial charge in [0.05, 0.1) is 11.4 Å². The van der Waals surface area contributed by atoms with Crippen LogP contribution in [0.4, 0.5) is 5.69 Å². The van der Waals surface area contributed by atoms with Gasteiger partial charge in [0.1, 0.15) is 0 Å². The van der Waals surface area contributed by atoms with Gasteiger partial charge in [0.15, 0.2) is 17.1 Å². The molecule has 0 atom stereocenters. The highest BCUT2D eigenvalue weighted by molar-refractivity contribution is 7.99. The van der Waals surface area contributed by atoms with Crippen LogP contribution in [0.2, 0.25) is 0 Å². The van der Waals surface area contributed by atoms with Crippen molar-refractivity contribution in [3.63, 3.8) is 0 Å². The van der Waals surface area contributed by atoms with Crippen molar-refractivity contribution in [2.45, 2.75) is 25.9 Å². The van der Waals surface area contributed by atoms with E-state index in [1.165, 1.54) is 17.3 Å². The Morgan fingerprint density at radius 2 is 1.81 bits per heavy atom. The number of thioether (sulfide) groups is 1. The zero-order valence-electron chi connectivity index (χ0n) is 17.9. The molecule has 8 nitrogen and oxygen atoms in total. The molecule has 0 radical (unpaired) electrons. The van der Waals surface area contributed by atoms with E-state index in [0.717, 1.165) is 33.8 Å². The van der Waals surface area contributed by atoms with Gasteiger partial charge < -0.3 is 14.8 Å². The van der Waals surface area contributed by atoms with Crippen molar-refractivity contribution in [2.75, 3.05) is 17.9 Å². The summed E-state index contributed by atoms with van der Waals surface area (Å²) in [6.07, 6.45) is 0. The van der Waals surface area contributed by atoms with Crippen molar-refractivity contribution >= 4 is 29.0 Å². The molecular weight excluding hydrogens is 426 g/mol. The smallest absolute Gasteiger partial charge is 0.234 e. The Hall–Kier alpha value is -3.59. The van der Waals surface area contributed by atoms with Gasteiger partial charge in [-0.05, 0) is 62.2 Å². The number of fused-ring (bicyclic) bond motifs is 2. The van der Waals surface area contributed by atoms with Crippen LogP contribution < -0.4 is 14.8 Å². The van der Waals surface area contributed by atoms with E-state index in [9.17, 15) is 4.79 Å². The van der Waals surface area contributed by atoms with Gasteiger partial charge in [0.25, 0.3) is 0 Å². The molecular formula is C23H21N5O3S. The molecule has 0 spiro atoms. The van der Waals surface area contributed by atoms with Gasteiger partial charge in [-0.25, -0.2) is 0 Å². The van der Waals surface area contributed by atoms with Crippen molar-refractivity contribution in [1.82, 2.24) is 19.8 Å². The molecule has 0 saturated heterocycles. The Morgan fingerprint density at radius 3 is 2.62 bits per heavy atom. The summed E-state index contributed by atoms with van der Waals surface area (Å²) in [5.41, 5.74) is 6.37. The van der Waals surface area contributed by atoms with Gasteiger partial charge in [0.2, 0.25) is 17.9 Å². The second-order valence-corrected chi connectivity index (χ2v) is 8.59. The molecule has 1 amide bonds. The fourth-order valence-electron chi connectivity index (χ4n) is 3.75. The number of rotatable bonds is 5. The summed E-state index contributed by atoms with van der Waals surface area (Å²) < 4.78 is 12.5. The maximum Gasteiger partial charge on any atom is 0.234 e. The number of hydrogen-bond acceptors (Lipinski definition) is 7. The topological polar surface area (TPSA) is 90.6 Å². The number of carbonyl (C=O) groups is 1. The first-order valence-corrected chi connectivity index (χ1v) is 11.1. The van der Waals surface area contributed by atoms with Crippen molar-refractivity contribution < 1.29 is 14.3 Å². The van der Waals surface area contributed by atoms with E-state index in [2.05, 4.69) is 32.7 Å². The summed E-state index contributed by atoms with van der Waals surface area (Å²) in [7, 11) is 0. The zero-order valence-corrected chi connectivity index (χ0v) is 18.7. The second-order valence-electron chi connectivity index (χ2n) is 7.65. The number of hydrogen-bond donors (Lipinski definition) is 1. The van der Waals surface area contributed by atoms with Crippen LogP contribution in [0.1, 0.15) is 16.7 Å². The van der Waals surface area contributed by atoms with Gasteiger partial charge in [-0.1, -0.05) is 29.5 Å². The lowest BCUT2D eigenvalue weighted by atomic mass is 10.1. The summed E-state index contributed by atoms with van der Waals surface area (Å²) in [5.74, 6) is 1.51. The van der Waals surface area contributed by atoms with E-state index in [-0.39, 0.29) is 18.5 Å². The van der Waals surface area contributed by atoms with Crippen molar-refractivity contribution in [3.8, 4) is 22.8 Å². The lowest BCUT2D eigenvalue weighted by molar-refractivity contribution is -0.113. The number of carbonyl (C=O) groups excluding carboxylic acids is 1. The fourth-order valence-corrected chi connectivity index (χ4v) is 4.44. The number of nitrogens with one attached hydrogen (secondary N) is 1. The molecule has 0 aliphatic carbocycles. The molecule has 0 fully saturated rings. The van der Waals surface area contributed by atoms with E-state index < -0.39 is 0 Å². The SMILES string of the molecule is Cc1cc(C)c(NC(=O)CSc2nnc3ccc(-c4ccc5c(c4)OCO5)nn23)c(C)c1. The highest BCUT2D eigenvalue weighted by Gasteiger charge is 2.16. The summed E-state index contributed by atoms with van der Waals surface area (Å²) in [4.78, 5) is 12.6. The number of nitrogens with zero attached hydrogens (tertiary/aromatic N) is 4. The average Bonchev–Trinajstić information content (AvgIpc) is 3.40. The molecule has 1 aliphatic rings. The molecule has 3 heterocycles. The van der Waals surface area contributed by atoms with Crippen LogP contribution in [0.5, 0.6) is 11.5 Å². The normalized spacial score (nSPS) is 12.3. The van der Waals surface area contributed by atoms with Crippen molar-refractivity contribution in [3.05, 3.63) is 59.2 Å². The number of anilines is 1. The molecule has 2 aromatic heterocycles. The molecule has 0 saturated carbocycles. The standard InChI is InChI=1S/C23H21N5O3S/c1-13-8-14(2)22(15(3)9-13)24-21(29)11-32-23-26-25-20-7-5-17(27-28(20)23)16-4-6-18-19(10-16)31-12-30-18/h4-10H,11-12H2,1-3H3,(H,24,29). The monoisotopic (exact) mass is 447 g/mol. The highest BCUT2D eigenvalue weighted by Crippen LogP contribution is 2.35. The van der Waals surface area contributed by atoms with Crippen LogP contribution >= 0.6 is 11.8 Å². The predicted molar refractivity (Wildman–Crippen MR) is 122 cm³/mol. The van der Waals surface area contributed by atoms with Gasteiger partial charge in [-0.3, -0.25) is 4.79 Å². The van der Waals surface area contributed by atoms with Crippen LogP contribution in [-0.4, -0.2) is 38.3 Å². The molecule has 32 heavy (non-hydrogen) atoms. The first kappa shape index (κ1) is 20.3. The number of aromatic nitrogens is 4. The van der Waals surface area contributed by atoms with E-state index in [4.69, 9.17) is 9.47 Å². The van der Waals surface area contributed by atoms with Crippen LogP contribution in [0.15, 0.2) is 47.6 Å². The summed E-state index contributed by atoms with van der Waals surface area (Å²) >= 11 is 1.29. The molecule has 1 aliphatic heterocycles. The third kappa shape index (κ3) is 3.87. The third-order valence-corrected chi connectivity index (χ3v) is 6.10. The molecule has 0 bridgehead atoms. The molecule has 162 valence electrons. The Bertz CT molecular complexity index is 1330. The van der Waals surface area contributed by atoms with Gasteiger partial charge in [-0.15, -0.1) is 10.2 Å². The van der Waals surface area contributed by atoms with Crippen LogP contribution in [0.25, 0.3) is 16.9 Å². The van der Waals surface area contributed by atoms with E-state index >= 15 is 0 Å². The summed E-state index contributed by atoms with van der Waals surface area (Å²) in [6.45, 7) is 6.26. The predicted octanol–water partition coefficient (Wildman–Crippen LogP) is 4.18. The van der Waals surface area contributed by atoms with E-state index in [1.54, 1.807) is 4.52 Å². The number of ether oxygens (including phenoxy) is 2. The van der Waals surface area contributed by atoms with Gasteiger partial charge >= 0.3 is 0 Å². The molecule has 5 rings (SSSR count). The Kier molecular flexibility index (Phi) is 5.18. The molecule has 2 aromatic carbocycles. The largest absolute Gasteiger partial charge is 0.454 e. The zero-order chi connectivity index (χ0) is 22.2. The van der Waals surface area contributed by atoms with Crippen molar-refractivity contribution in [2.24, 2.45) is 0 Å². The summed E-state index contributed by atoms with van der Waals surface area (Å²) in [6, 6.07) is 13.5. The quantitative estimate of drug-likeness (QED) is 0.459. The first-order valence-electron chi connectivity index (χ1n) is 10.1. The van der Waals surface area contributed by atoms with Gasteiger partial charge in [0, 0.05) is 11.3 Å². The van der Waals surface area contributed by atoms with E-state index in [1.807, 2.05) is 51.1 Å². The minimum absolute atomic E-state index is 0.103. The minimum Gasteiger partial charge on any atom is -0.454 e. The highest BCUT2D eigenvalue weighted by atomic mass is 32.2. The lowest BCUT2D eigenvalue weighted by Crippen LogP contribution is -2.16. The lowest BCUT2D eigenvalue weighted by Gasteiger charge is -2.12. The summed E-state index contributed by atoms with van der Waals surface area (Å²) in [5, 5.41) is 16.6. The molecule has 9 heteroatoms. The molecule has 4 aromatic rings. The number of aryl methyl sites for hydroxylation is 3. The molecule has 1 N–H and O–H groups in total. The van der Waals surface area contributed by atoms with Crippen LogP contribution in [0.3, 0.4) is 0 Å². The first-order chi connectivity index (χ1) is 15.5. The van der Waals surface area contributed by atoms with Crippen LogP contribution in [-0.2, 0) is 4.79 Å². The van der Waals surface area contributed by atoms with Crippen molar-refractivity contribution in [1.29, 1.82) is 0 Å². The van der Waals surface area contributed by atoms with Crippen LogP contribution in [0, 0.1) is 20.8 Å². The van der Waals surface area contributed by atoms with E-state index in [0.29, 0.717) is 16.6 Å². The Labute approximate surface area is 189 Å². The maximum absolute atomic E-state index is 12.6. The number of benzene rings is 2. The minimum atomic E-state index is -0.103. The maximum atomic E-state index is 12.6. The van der Waals surface area contributed by atoms with Gasteiger partial charge in [-0.2, -0.15) is 9.61 Å². The Morgan fingerprint density at radius 1 is 1.03 bits per heavy atom. The number of amides is 1. The third-order valence-electron chi connectivity index (χ3n) is 5.18.